The van der Waals surface area contributed by atoms with E-state index in [1.54, 1.807) is 0 Å². The molecule has 84 valence electrons. The van der Waals surface area contributed by atoms with Gasteiger partial charge in [0.05, 0.1) is 12.2 Å². The first-order valence-electron chi connectivity index (χ1n) is 4.80. The number of hydrogen-bond donors (Lipinski definition) is 1. The first-order chi connectivity index (χ1) is 7.66. The van der Waals surface area contributed by atoms with Gasteiger partial charge in [-0.3, -0.25) is 0 Å². The highest BCUT2D eigenvalue weighted by Crippen LogP contribution is 2.18. The molecule has 2 aromatic rings. The molecule has 0 aromatic carbocycles. The quantitative estimate of drug-likeness (QED) is 0.832. The molecule has 0 atom stereocenters. The van der Waals surface area contributed by atoms with Crippen molar-refractivity contribution in [3.8, 4) is 0 Å². The van der Waals surface area contributed by atoms with Crippen molar-refractivity contribution in [2.24, 2.45) is 0 Å². The first kappa shape index (κ1) is 10.9. The van der Waals surface area contributed by atoms with Gasteiger partial charge in [0, 0.05) is 11.6 Å². The molecule has 0 radical (unpaired) electrons. The zero-order chi connectivity index (χ0) is 11.5. The fraction of sp³-hybridized carbons (Fsp3) is 0.300. The normalized spacial score (nSPS) is 10.4. The third kappa shape index (κ3) is 2.30. The molecule has 6 heteroatoms. The van der Waals surface area contributed by atoms with Crippen LogP contribution >= 0.6 is 11.6 Å². The molecule has 0 aliphatic heterocycles. The predicted molar refractivity (Wildman–Crippen MR) is 60.3 cm³/mol. The van der Waals surface area contributed by atoms with Crippen molar-refractivity contribution >= 4 is 17.4 Å². The van der Waals surface area contributed by atoms with Gasteiger partial charge in [-0.15, -0.1) is 0 Å². The average molecular weight is 239 g/mol. The summed E-state index contributed by atoms with van der Waals surface area (Å²) in [5, 5.41) is 7.36. The largest absolute Gasteiger partial charge is 0.362 e. The molecular weight excluding hydrogens is 228 g/mol. The summed E-state index contributed by atoms with van der Waals surface area (Å²) >= 11 is 5.87. The second-order valence-corrected chi connectivity index (χ2v) is 3.78. The lowest BCUT2D eigenvalue weighted by Gasteiger charge is -2.06. The summed E-state index contributed by atoms with van der Waals surface area (Å²) in [4.78, 5) is 7.97. The van der Waals surface area contributed by atoms with Crippen molar-refractivity contribution in [2.75, 3.05) is 5.32 Å². The summed E-state index contributed by atoms with van der Waals surface area (Å²) in [6.07, 6.45) is 1.42. The maximum Gasteiger partial charge on any atom is 0.156 e. The van der Waals surface area contributed by atoms with E-state index in [9.17, 15) is 0 Å². The minimum absolute atomic E-state index is 0.450. The maximum atomic E-state index is 5.87. The number of halogens is 1. The van der Waals surface area contributed by atoms with Crippen LogP contribution in [0, 0.1) is 13.8 Å². The third-order valence-electron chi connectivity index (χ3n) is 2.13. The van der Waals surface area contributed by atoms with Crippen molar-refractivity contribution in [1.82, 2.24) is 15.1 Å². The second kappa shape index (κ2) is 4.49. The second-order valence-electron chi connectivity index (χ2n) is 3.43. The predicted octanol–water partition coefficient (Wildman–Crippen LogP) is 2.35. The molecule has 0 bridgehead atoms. The van der Waals surface area contributed by atoms with Gasteiger partial charge in [0.1, 0.15) is 17.3 Å². The molecule has 0 fully saturated rings. The Balaban J connectivity index is 2.07. The minimum Gasteiger partial charge on any atom is -0.362 e. The van der Waals surface area contributed by atoms with Crippen LogP contribution in [0.25, 0.3) is 0 Å². The molecule has 0 saturated carbocycles. The molecule has 2 heterocycles. The highest BCUT2D eigenvalue weighted by molar-refractivity contribution is 6.30. The Morgan fingerprint density at radius 3 is 2.88 bits per heavy atom. The van der Waals surface area contributed by atoms with Gasteiger partial charge in [0.2, 0.25) is 0 Å². The SMILES string of the molecule is Cc1cc(CNc2ncnc(Cl)c2C)on1. The van der Waals surface area contributed by atoms with Gasteiger partial charge in [0.15, 0.2) is 5.76 Å². The molecule has 0 saturated heterocycles. The smallest absolute Gasteiger partial charge is 0.156 e. The van der Waals surface area contributed by atoms with E-state index in [4.69, 9.17) is 16.1 Å². The van der Waals surface area contributed by atoms with Gasteiger partial charge in [-0.1, -0.05) is 16.8 Å². The third-order valence-corrected chi connectivity index (χ3v) is 2.51. The number of rotatable bonds is 3. The summed E-state index contributed by atoms with van der Waals surface area (Å²) in [6.45, 7) is 4.26. The van der Waals surface area contributed by atoms with E-state index in [1.165, 1.54) is 6.33 Å². The monoisotopic (exact) mass is 238 g/mol. The van der Waals surface area contributed by atoms with Gasteiger partial charge >= 0.3 is 0 Å². The molecular formula is C10H11ClN4O. The van der Waals surface area contributed by atoms with Crippen LogP contribution in [-0.4, -0.2) is 15.1 Å². The van der Waals surface area contributed by atoms with E-state index in [0.717, 1.165) is 17.0 Å². The molecule has 0 unspecified atom stereocenters. The van der Waals surface area contributed by atoms with Gasteiger partial charge in [-0.2, -0.15) is 0 Å². The molecule has 2 rings (SSSR count). The molecule has 16 heavy (non-hydrogen) atoms. The lowest BCUT2D eigenvalue weighted by Crippen LogP contribution is -2.03. The van der Waals surface area contributed by atoms with Crippen LogP contribution in [0.2, 0.25) is 5.15 Å². The van der Waals surface area contributed by atoms with E-state index in [2.05, 4.69) is 20.4 Å². The standard InChI is InChI=1S/C10H11ClN4O/c1-6-3-8(16-15-6)4-12-10-7(2)9(11)13-5-14-10/h3,5H,4H2,1-2H3,(H,12,13,14). The van der Waals surface area contributed by atoms with E-state index < -0.39 is 0 Å². The van der Waals surface area contributed by atoms with Crippen LogP contribution in [0.1, 0.15) is 17.0 Å². The molecule has 0 aliphatic carbocycles. The number of aryl methyl sites for hydroxylation is 1. The van der Waals surface area contributed by atoms with Crippen LogP contribution in [0.3, 0.4) is 0 Å². The molecule has 0 aliphatic rings. The Morgan fingerprint density at radius 2 is 2.19 bits per heavy atom. The van der Waals surface area contributed by atoms with Crippen LogP contribution in [-0.2, 0) is 6.54 Å². The van der Waals surface area contributed by atoms with Crippen LogP contribution in [0.15, 0.2) is 16.9 Å². The summed E-state index contributed by atoms with van der Waals surface area (Å²) in [6, 6.07) is 1.87. The molecule has 5 nitrogen and oxygen atoms in total. The highest BCUT2D eigenvalue weighted by Gasteiger charge is 2.06. The van der Waals surface area contributed by atoms with E-state index in [0.29, 0.717) is 17.5 Å². The minimum atomic E-state index is 0.450. The average Bonchev–Trinajstić information content (AvgIpc) is 2.67. The van der Waals surface area contributed by atoms with Crippen LogP contribution in [0.5, 0.6) is 0 Å². The number of nitrogens with one attached hydrogen (secondary N) is 1. The van der Waals surface area contributed by atoms with Gasteiger partial charge in [-0.05, 0) is 13.8 Å². The lowest BCUT2D eigenvalue weighted by molar-refractivity contribution is 0.384. The highest BCUT2D eigenvalue weighted by atomic mass is 35.5. The molecule has 0 amide bonds. The van der Waals surface area contributed by atoms with Crippen molar-refractivity contribution in [1.29, 1.82) is 0 Å². The molecule has 1 N–H and O–H groups in total. The topological polar surface area (TPSA) is 63.8 Å². The lowest BCUT2D eigenvalue weighted by atomic mass is 10.3. The number of nitrogens with zero attached hydrogens (tertiary/aromatic N) is 3. The van der Waals surface area contributed by atoms with Crippen molar-refractivity contribution in [3.05, 3.63) is 34.6 Å². The van der Waals surface area contributed by atoms with E-state index >= 15 is 0 Å². The zero-order valence-electron chi connectivity index (χ0n) is 8.99. The summed E-state index contributed by atoms with van der Waals surface area (Å²) in [7, 11) is 0. The summed E-state index contributed by atoms with van der Waals surface area (Å²) in [5.41, 5.74) is 1.68. The number of aromatic nitrogens is 3. The van der Waals surface area contributed by atoms with E-state index in [-0.39, 0.29) is 0 Å². The Bertz CT molecular complexity index is 497. The van der Waals surface area contributed by atoms with Crippen molar-refractivity contribution in [2.45, 2.75) is 20.4 Å². The zero-order valence-corrected chi connectivity index (χ0v) is 9.75. The Hall–Kier alpha value is -1.62. The number of hydrogen-bond acceptors (Lipinski definition) is 5. The fourth-order valence-electron chi connectivity index (χ4n) is 1.28. The Morgan fingerprint density at radius 1 is 1.38 bits per heavy atom. The van der Waals surface area contributed by atoms with Gasteiger partial charge < -0.3 is 9.84 Å². The van der Waals surface area contributed by atoms with Crippen molar-refractivity contribution in [3.63, 3.8) is 0 Å². The maximum absolute atomic E-state index is 5.87. The van der Waals surface area contributed by atoms with Crippen LogP contribution < -0.4 is 5.32 Å². The first-order valence-corrected chi connectivity index (χ1v) is 5.18. The number of anilines is 1. The van der Waals surface area contributed by atoms with Gasteiger partial charge in [-0.25, -0.2) is 9.97 Å². The van der Waals surface area contributed by atoms with Crippen molar-refractivity contribution < 1.29 is 4.52 Å². The molecule has 2 aromatic heterocycles. The van der Waals surface area contributed by atoms with Gasteiger partial charge in [0.25, 0.3) is 0 Å². The summed E-state index contributed by atoms with van der Waals surface area (Å²) in [5.74, 6) is 1.46. The molecule has 0 spiro atoms. The summed E-state index contributed by atoms with van der Waals surface area (Å²) < 4.78 is 5.07. The fourth-order valence-corrected chi connectivity index (χ4v) is 1.41. The Labute approximate surface area is 97.8 Å². The Kier molecular flexibility index (Phi) is 3.05. The van der Waals surface area contributed by atoms with E-state index in [1.807, 2.05) is 19.9 Å². The van der Waals surface area contributed by atoms with Crippen LogP contribution in [0.4, 0.5) is 5.82 Å².